The number of anilines is 6. The molecule has 18 aromatic carbocycles. The SMILES string of the molecule is [2H]c1c([2H])c([2H])c2c(c1[2H])c1c([2H])c([2H])c([2H])c([2H])c1n2-c1ccc2c(c1)N(c1c(-c3ccccc3)cc(C(C)(C)C)cc1-c1cccc3oc4ccccc4c13)c1cc(-c3ccc4c(c3)c3ccccc3n4-c3ccccc3)cc3c1B2c1ccc(-n2c4c([2H])c([2H])c([2H])c([2H])c4c4c([2H])c([2H])c([2H])c([2H])c42)cc1N3c1c(-c2ccccc2)cc(C(C)(C)C)cc1-c1cccc2oc3ccccc3c12. The Morgan fingerprint density at radius 3 is 1.10 bits per heavy atom. The Morgan fingerprint density at radius 1 is 0.258 bits per heavy atom. The van der Waals surface area contributed by atoms with Gasteiger partial charge in [-0.05, 0) is 211 Å². The summed E-state index contributed by atoms with van der Waals surface area (Å²) in [6, 6.07) is 91.5. The Kier molecular flexibility index (Phi) is 12.4. The molecule has 2 aliphatic rings. The first kappa shape index (κ1) is 57.0. The highest BCUT2D eigenvalue weighted by atomic mass is 16.3. The van der Waals surface area contributed by atoms with Crippen molar-refractivity contribution in [3.8, 4) is 72.7 Å². The van der Waals surface area contributed by atoms with Crippen LogP contribution in [0.3, 0.4) is 0 Å². The molecule has 25 rings (SSSR count). The number of nitrogens with zero attached hydrogens (tertiary/aromatic N) is 5. The molecule has 23 aromatic rings. The van der Waals surface area contributed by atoms with E-state index >= 15 is 0 Å². The first-order valence-corrected chi connectivity index (χ1v) is 41.9. The summed E-state index contributed by atoms with van der Waals surface area (Å²) in [5, 5.41) is 4.96. The van der Waals surface area contributed by atoms with Gasteiger partial charge in [0.25, 0.3) is 6.71 Å². The summed E-state index contributed by atoms with van der Waals surface area (Å²) >= 11 is 0. The molecule has 5 aromatic heterocycles. The third-order valence-electron chi connectivity index (χ3n) is 25.6. The normalized spacial score (nSPS) is 14.7. The molecule has 124 heavy (non-hydrogen) atoms. The molecule has 8 heteroatoms. The number of rotatable bonds is 10. The van der Waals surface area contributed by atoms with Crippen molar-refractivity contribution in [3.63, 3.8) is 0 Å². The number of furan rings is 2. The third kappa shape index (κ3) is 10.8. The smallest absolute Gasteiger partial charge is 0.252 e. The molecule has 7 nitrogen and oxygen atoms in total. The minimum Gasteiger partial charge on any atom is -0.456 e. The van der Waals surface area contributed by atoms with Crippen molar-refractivity contribution in [3.05, 3.63) is 399 Å². The maximum atomic E-state index is 10.2. The van der Waals surface area contributed by atoms with Crippen molar-refractivity contribution in [2.75, 3.05) is 9.80 Å². The molecule has 0 unspecified atom stereocenters. The van der Waals surface area contributed by atoms with Crippen LogP contribution in [0, 0.1) is 0 Å². The van der Waals surface area contributed by atoms with Crippen LogP contribution in [0.5, 0.6) is 0 Å². The summed E-state index contributed by atoms with van der Waals surface area (Å²) in [6.45, 7) is 12.4. The highest BCUT2D eigenvalue weighted by Crippen LogP contribution is 2.58. The van der Waals surface area contributed by atoms with Gasteiger partial charge < -0.3 is 32.3 Å². The van der Waals surface area contributed by atoms with Gasteiger partial charge in [-0.25, -0.2) is 0 Å². The van der Waals surface area contributed by atoms with E-state index < -0.39 is 114 Å². The van der Waals surface area contributed by atoms with Crippen molar-refractivity contribution in [1.29, 1.82) is 0 Å². The molecule has 0 atom stereocenters. The van der Waals surface area contributed by atoms with Crippen LogP contribution in [0.1, 0.15) is 74.6 Å². The maximum absolute atomic E-state index is 10.2. The van der Waals surface area contributed by atoms with E-state index in [1.165, 1.54) is 0 Å². The van der Waals surface area contributed by atoms with E-state index in [0.29, 0.717) is 67.4 Å². The number of aromatic nitrogens is 3. The fourth-order valence-corrected chi connectivity index (χ4v) is 20.0. The van der Waals surface area contributed by atoms with Gasteiger partial charge in [-0.2, -0.15) is 0 Å². The molecule has 0 amide bonds. The van der Waals surface area contributed by atoms with Crippen molar-refractivity contribution >= 4 is 167 Å². The quantitative estimate of drug-likeness (QED) is 0.128. The van der Waals surface area contributed by atoms with Crippen molar-refractivity contribution in [1.82, 2.24) is 13.7 Å². The van der Waals surface area contributed by atoms with Gasteiger partial charge in [0.1, 0.15) is 22.3 Å². The predicted octanol–water partition coefficient (Wildman–Crippen LogP) is 29.8. The molecule has 586 valence electrons. The molecule has 0 saturated carbocycles. The highest BCUT2D eigenvalue weighted by Gasteiger charge is 2.47. The van der Waals surface area contributed by atoms with Crippen LogP contribution in [0.15, 0.2) is 397 Å². The zero-order valence-electron chi connectivity index (χ0n) is 84.3. The first-order valence-electron chi connectivity index (χ1n) is 49.9. The van der Waals surface area contributed by atoms with Crippen LogP contribution in [0.2, 0.25) is 0 Å². The van der Waals surface area contributed by atoms with Crippen LogP contribution in [0.4, 0.5) is 34.1 Å². The number of benzene rings is 18. The summed E-state index contributed by atoms with van der Waals surface area (Å²) in [5.74, 6) is 0. The van der Waals surface area contributed by atoms with Gasteiger partial charge in [0.2, 0.25) is 0 Å². The van der Waals surface area contributed by atoms with Crippen LogP contribution < -0.4 is 26.2 Å². The Labute approximate surface area is 741 Å². The van der Waals surface area contributed by atoms with E-state index in [1.54, 1.807) is 9.13 Å². The minimum absolute atomic E-state index is 0.0828. The van der Waals surface area contributed by atoms with E-state index in [2.05, 4.69) is 195 Å². The first-order chi connectivity index (χ1) is 67.4. The zero-order chi connectivity index (χ0) is 96.5. The lowest BCUT2D eigenvalue weighted by Gasteiger charge is -2.46. The van der Waals surface area contributed by atoms with Crippen LogP contribution in [-0.2, 0) is 10.8 Å². The second kappa shape index (κ2) is 27.1. The highest BCUT2D eigenvalue weighted by molar-refractivity contribution is 7.00. The monoisotopic (exact) mass is 1600 g/mol. The summed E-state index contributed by atoms with van der Waals surface area (Å²) in [6.07, 6.45) is 0. The van der Waals surface area contributed by atoms with Crippen LogP contribution in [-0.4, -0.2) is 20.4 Å². The van der Waals surface area contributed by atoms with Gasteiger partial charge in [-0.1, -0.05) is 290 Å². The molecule has 0 radical (unpaired) electrons. The van der Waals surface area contributed by atoms with Crippen molar-refractivity contribution in [2.45, 2.75) is 52.4 Å². The van der Waals surface area contributed by atoms with E-state index in [9.17, 15) is 21.9 Å². The molecule has 0 aliphatic carbocycles. The van der Waals surface area contributed by atoms with Gasteiger partial charge in [0, 0.05) is 116 Å². The number of para-hydroxylation sites is 8. The zero-order valence-corrected chi connectivity index (χ0v) is 68.3. The number of fused-ring (bicyclic) bond motifs is 19. The van der Waals surface area contributed by atoms with E-state index in [1.807, 2.05) is 152 Å². The summed E-state index contributed by atoms with van der Waals surface area (Å²) < 4.78 is 175. The van der Waals surface area contributed by atoms with Gasteiger partial charge in [-0.3, -0.25) is 0 Å². The third-order valence-corrected chi connectivity index (χ3v) is 25.6. The van der Waals surface area contributed by atoms with Crippen molar-refractivity contribution < 1.29 is 30.8 Å². The molecular weight excluding hydrogens is 1510 g/mol. The maximum Gasteiger partial charge on any atom is 0.252 e. The molecule has 0 spiro atoms. The molecule has 0 bridgehead atoms. The Morgan fingerprint density at radius 2 is 0.645 bits per heavy atom. The minimum atomic E-state index is -0.904. The average Bonchev–Trinajstić information content (AvgIpc) is 0.790. The van der Waals surface area contributed by atoms with Crippen LogP contribution in [0.25, 0.3) is 182 Å². The summed E-state index contributed by atoms with van der Waals surface area (Å²) in [7, 11) is 0. The standard InChI is InChI=1S/C116H82BN5O2/c1-115(2,3)75-65-89(71-32-10-7-11-33-71)113(92(67-75)85-45-30-54-108-110(85)87-43-21-28-52-106(87)123-108)121-102-69-78(119-96-47-23-16-38-80(96)81-39-17-24-48-97(81)119)57-59-94(102)117-95-60-58-79(120-98-49-25-18-40-82(98)83-41-19-26-50-99(83)120)70-103(95)122(105-64-74(63-104(121)112(105)117)73-56-61-101-91(62-73)84-42-20-27-51-100(84)118(101)77-36-14-9-15-37-77)114-90(72-34-12-8-13-35-72)66-76(116(4,5)6)68-93(114)86-46-31-55-109-111(86)88-44-22-29-53-107(88)124-109/h7-70H,1-6H3/i16D,17D,18D,19D,23D,24D,25D,26D,38D,39D,40D,41D,47D,48D,49D,50D. The molecule has 2 aliphatic heterocycles. The lowest BCUT2D eigenvalue weighted by Crippen LogP contribution is -2.61. The van der Waals surface area contributed by atoms with Crippen LogP contribution >= 0.6 is 0 Å². The van der Waals surface area contributed by atoms with E-state index in [4.69, 9.17) is 8.83 Å². The van der Waals surface area contributed by atoms with Gasteiger partial charge in [0.05, 0.1) is 66.4 Å². The summed E-state index contributed by atoms with van der Waals surface area (Å²) in [5.41, 5.74) is 20.5. The number of hydrogen-bond donors (Lipinski definition) is 0. The Balaban J connectivity index is 0.925. The fraction of sp³-hybridized carbons (Fsp3) is 0.0690. The second-order valence-electron chi connectivity index (χ2n) is 34.6. The summed E-state index contributed by atoms with van der Waals surface area (Å²) in [4.78, 5) is 4.72. The lowest BCUT2D eigenvalue weighted by atomic mass is 9.33. The molecule has 7 heterocycles. The van der Waals surface area contributed by atoms with Gasteiger partial charge >= 0.3 is 0 Å². The van der Waals surface area contributed by atoms with Gasteiger partial charge in [-0.15, -0.1) is 0 Å². The average molecular weight is 1600 g/mol. The number of hydrogen-bond acceptors (Lipinski definition) is 4. The fourth-order valence-electron chi connectivity index (χ4n) is 20.0. The Bertz CT molecular complexity index is 8850. The van der Waals surface area contributed by atoms with Gasteiger partial charge in [0.15, 0.2) is 0 Å². The van der Waals surface area contributed by atoms with Crippen molar-refractivity contribution in [2.24, 2.45) is 0 Å². The topological polar surface area (TPSA) is 47.6 Å². The Hall–Kier alpha value is -15.4. The van der Waals surface area contributed by atoms with E-state index in [0.717, 1.165) is 121 Å². The second-order valence-corrected chi connectivity index (χ2v) is 34.6. The largest absolute Gasteiger partial charge is 0.456 e. The molecule has 0 saturated heterocycles. The molecular formula is C116H82BN5O2. The lowest BCUT2D eigenvalue weighted by molar-refractivity contribution is 0.590. The van der Waals surface area contributed by atoms with E-state index in [-0.39, 0.29) is 55.0 Å². The molecule has 0 fully saturated rings. The molecule has 0 N–H and O–H groups in total. The predicted molar refractivity (Wildman–Crippen MR) is 523 cm³/mol.